The maximum Gasteiger partial charge on any atom is 0 e. The van der Waals surface area contributed by atoms with Gasteiger partial charge in [-0.3, -0.25) is 4.55 Å². The van der Waals surface area contributed by atoms with Crippen molar-refractivity contribution in [1.29, 1.82) is 0 Å². The van der Waals surface area contributed by atoms with E-state index < -0.39 is 30.7 Å². The van der Waals surface area contributed by atoms with Crippen molar-refractivity contribution in [2.24, 2.45) is 0 Å². The maximum atomic E-state index is 13.1. The standard InChI is InChI=1S/C25H22O3P2S.4CO.Mn/c26-31(27,28)25(29(21-13-5-1-6-14-21)22-15-7-2-8-16-22)30(23-17-9-3-10-18-23)24-19-11-4-12-20-24;4*1-2;/h1-20,25H,(H,26,27,28);;;;;. The predicted molar refractivity (Wildman–Crippen MR) is 149 cm³/mol. The van der Waals surface area contributed by atoms with E-state index in [4.69, 9.17) is 18.6 Å². The Balaban J connectivity index is 0. The van der Waals surface area contributed by atoms with Gasteiger partial charge in [-0.25, -0.2) is 0 Å². The van der Waals surface area contributed by atoms with E-state index in [-0.39, 0.29) is 17.1 Å². The first kappa shape index (κ1) is 39.3. The molecule has 4 rings (SSSR count). The Morgan fingerprint density at radius 1 is 0.475 bits per heavy atom. The summed E-state index contributed by atoms with van der Waals surface area (Å²) < 4.78 is 65.9. The van der Waals surface area contributed by atoms with Crippen LogP contribution in [-0.2, 0) is 45.8 Å². The molecule has 0 unspecified atom stereocenters. The molecule has 1 N–H and O–H groups in total. The quantitative estimate of drug-likeness (QED) is 0.107. The molecule has 0 fully saturated rings. The van der Waals surface area contributed by atoms with Crippen LogP contribution in [0.25, 0.3) is 0 Å². The summed E-state index contributed by atoms with van der Waals surface area (Å²) in [5.74, 6) is 0. The summed E-state index contributed by atoms with van der Waals surface area (Å²) in [6.45, 7) is 18.0. The van der Waals surface area contributed by atoms with Crippen molar-refractivity contribution in [2.75, 3.05) is 0 Å². The molecule has 0 aliphatic carbocycles. The van der Waals surface area contributed by atoms with Gasteiger partial charge in [0.1, 0.15) is 4.73 Å². The molecule has 0 saturated heterocycles. The van der Waals surface area contributed by atoms with Gasteiger partial charge in [-0.15, -0.1) is 0 Å². The van der Waals surface area contributed by atoms with Crippen LogP contribution in [-0.4, -0.2) is 17.7 Å². The van der Waals surface area contributed by atoms with Gasteiger partial charge in [-0.05, 0) is 37.1 Å². The van der Waals surface area contributed by atoms with Crippen LogP contribution in [0.5, 0.6) is 0 Å². The number of hydrogen-bond acceptors (Lipinski definition) is 2. The largest absolute Gasteiger partial charge is 0 e. The number of hydrogen-bond donors (Lipinski definition) is 1. The first-order valence-electron chi connectivity index (χ1n) is 10.6. The minimum absolute atomic E-state index is 0. The van der Waals surface area contributed by atoms with Crippen molar-refractivity contribution in [3.05, 3.63) is 148 Å². The molecule has 11 heteroatoms. The molecule has 0 saturated carbocycles. The number of benzene rings is 4. The zero-order valence-electron chi connectivity index (χ0n) is 20.7. The summed E-state index contributed by atoms with van der Waals surface area (Å²) in [5.41, 5.74) is 0. The van der Waals surface area contributed by atoms with E-state index in [2.05, 4.69) is 26.6 Å². The van der Waals surface area contributed by atoms with Crippen LogP contribution >= 0.6 is 15.8 Å². The third kappa shape index (κ3) is 11.7. The summed E-state index contributed by atoms with van der Waals surface area (Å²) in [7, 11) is -7.19. The van der Waals surface area contributed by atoms with E-state index in [1.54, 1.807) is 0 Å². The van der Waals surface area contributed by atoms with E-state index in [1.165, 1.54) is 0 Å². The van der Waals surface area contributed by atoms with Crippen LogP contribution in [0.15, 0.2) is 121 Å². The van der Waals surface area contributed by atoms with Gasteiger partial charge >= 0.3 is 45.2 Å². The Morgan fingerprint density at radius 3 is 0.800 bits per heavy atom. The average molecular weight is 631 g/mol. The van der Waals surface area contributed by atoms with Gasteiger partial charge in [0.05, 0.1) is 0 Å². The molecule has 0 aliphatic rings. The van der Waals surface area contributed by atoms with E-state index in [9.17, 15) is 13.0 Å². The molecule has 40 heavy (non-hydrogen) atoms. The summed E-state index contributed by atoms with van der Waals surface area (Å²) in [6.07, 6.45) is 0. The van der Waals surface area contributed by atoms with Crippen molar-refractivity contribution >= 4 is 47.2 Å². The van der Waals surface area contributed by atoms with Gasteiger partial charge in [-0.2, -0.15) is 8.42 Å². The van der Waals surface area contributed by atoms with Gasteiger partial charge in [0.25, 0.3) is 10.1 Å². The second kappa shape index (κ2) is 22.9. The van der Waals surface area contributed by atoms with Gasteiger partial charge in [0.15, 0.2) is 0 Å². The fourth-order valence-electron chi connectivity index (χ4n) is 3.54. The van der Waals surface area contributed by atoms with Gasteiger partial charge in [-0.1, -0.05) is 121 Å². The first-order valence-corrected chi connectivity index (χ1v) is 14.9. The Bertz CT molecular complexity index is 1210. The van der Waals surface area contributed by atoms with E-state index in [1.807, 2.05) is 121 Å². The second-order valence-corrected chi connectivity index (χ2v) is 14.1. The molecule has 0 aliphatic heterocycles. The van der Waals surface area contributed by atoms with E-state index in [0.29, 0.717) is 0 Å². The monoisotopic (exact) mass is 631 g/mol. The normalized spacial score (nSPS) is 9.40. The minimum Gasteiger partial charge on any atom is 0 e. The molecule has 4 aromatic rings. The van der Waals surface area contributed by atoms with Gasteiger partial charge in [0, 0.05) is 17.1 Å². The molecule has 1 radical (unpaired) electrons. The molecule has 0 bridgehead atoms. The minimum atomic E-state index is -4.40. The topological polar surface area (TPSA) is 134 Å². The van der Waals surface area contributed by atoms with Crippen LogP contribution < -0.4 is 21.2 Å². The summed E-state index contributed by atoms with van der Waals surface area (Å²) >= 11 is 0. The predicted octanol–water partition coefficient (Wildman–Crippen LogP) is 4.27. The fraction of sp³-hybridized carbons (Fsp3) is 0.0345. The third-order valence-electron chi connectivity index (χ3n) is 4.85. The summed E-state index contributed by atoms with van der Waals surface area (Å²) in [6, 6.07) is 38.7. The van der Waals surface area contributed by atoms with Crippen molar-refractivity contribution in [3.8, 4) is 0 Å². The molecular weight excluding hydrogens is 609 g/mol. The molecule has 0 amide bonds. The summed E-state index contributed by atoms with van der Waals surface area (Å²) in [4.78, 5) is 0. The Hall–Kier alpha value is -2.87. The zero-order valence-corrected chi connectivity index (χ0v) is 24.5. The smallest absolute Gasteiger partial charge is 0 e. The Labute approximate surface area is 247 Å². The van der Waals surface area contributed by atoms with Crippen LogP contribution in [0.1, 0.15) is 0 Å². The van der Waals surface area contributed by atoms with E-state index >= 15 is 0 Å². The molecule has 203 valence electrons. The Morgan fingerprint density at radius 2 is 0.650 bits per heavy atom. The van der Waals surface area contributed by atoms with Crippen LogP contribution in [0.4, 0.5) is 0 Å². The molecule has 0 heterocycles. The van der Waals surface area contributed by atoms with E-state index in [0.717, 1.165) is 21.2 Å². The average Bonchev–Trinajstić information content (AvgIpc) is 3.02. The number of rotatable bonds is 7. The summed E-state index contributed by atoms with van der Waals surface area (Å²) in [5, 5.41) is 3.69. The molecule has 0 atom stereocenters. The maximum absolute atomic E-state index is 13.1. The molecule has 7 nitrogen and oxygen atoms in total. The van der Waals surface area contributed by atoms with Crippen molar-refractivity contribution in [2.45, 2.75) is 4.73 Å². The van der Waals surface area contributed by atoms with Gasteiger partial charge < -0.3 is 0 Å². The van der Waals surface area contributed by atoms with Crippen LogP contribution in [0.2, 0.25) is 0 Å². The molecular formula is C29H22MnO7P2S. The molecule has 4 aromatic carbocycles. The molecule has 0 aromatic heterocycles. The van der Waals surface area contributed by atoms with Crippen LogP contribution in [0.3, 0.4) is 0 Å². The fourth-order valence-corrected chi connectivity index (χ4v) is 13.2. The first-order chi connectivity index (χ1) is 19.1. The Kier molecular flexibility index (Phi) is 22.5. The second-order valence-electron chi connectivity index (χ2n) is 6.92. The van der Waals surface area contributed by atoms with Crippen molar-refractivity contribution < 1.29 is 48.6 Å². The third-order valence-corrected chi connectivity index (χ3v) is 13.9. The van der Waals surface area contributed by atoms with Crippen molar-refractivity contribution in [3.63, 3.8) is 0 Å². The molecule has 0 spiro atoms. The SMILES string of the molecule is O=S(=O)(O)C(P(c1ccccc1)c1ccccc1)P(c1ccccc1)c1ccccc1.[C-]#[O+].[C-]#[O+].[C-]#[O+].[C-]#[O+].[Mn]. The van der Waals surface area contributed by atoms with Gasteiger partial charge in [0.2, 0.25) is 0 Å². The zero-order chi connectivity index (χ0) is 29.7. The van der Waals surface area contributed by atoms with Crippen molar-refractivity contribution in [1.82, 2.24) is 0 Å². The van der Waals surface area contributed by atoms with Crippen LogP contribution in [0, 0.1) is 26.6 Å².